The van der Waals surface area contributed by atoms with Gasteiger partial charge in [0.2, 0.25) is 12.7 Å². The topological polar surface area (TPSA) is 156 Å². The number of aliphatic hydroxyl groups excluding tert-OH is 1. The van der Waals surface area contributed by atoms with Crippen molar-refractivity contribution in [1.82, 2.24) is 15.2 Å². The maximum atomic E-state index is 13.1. The molecule has 1 saturated heterocycles. The van der Waals surface area contributed by atoms with Crippen molar-refractivity contribution in [3.05, 3.63) is 23.9 Å². The number of amides is 4. The summed E-state index contributed by atoms with van der Waals surface area (Å²) in [4.78, 5) is 54.8. The molecule has 12 heteroatoms. The van der Waals surface area contributed by atoms with Crippen LogP contribution >= 0.6 is 0 Å². The molecule has 2 fully saturated rings. The molecule has 4 amide bonds. The van der Waals surface area contributed by atoms with E-state index in [1.807, 2.05) is 6.92 Å². The minimum atomic E-state index is -1.34. The molecule has 1 aromatic rings. The minimum Gasteiger partial charge on any atom is -0.428 e. The van der Waals surface area contributed by atoms with Crippen LogP contribution in [0.5, 0.6) is 0 Å². The van der Waals surface area contributed by atoms with Crippen molar-refractivity contribution in [2.75, 3.05) is 18.7 Å². The van der Waals surface area contributed by atoms with Gasteiger partial charge in [0.1, 0.15) is 11.9 Å². The zero-order valence-electron chi connectivity index (χ0n) is 23.1. The molecule has 4 atom stereocenters. The highest BCUT2D eigenvalue weighted by molar-refractivity contribution is 6.01. The number of pyridine rings is 1. The number of rotatable bonds is 11. The third-order valence-electron chi connectivity index (χ3n) is 7.19. The molecule has 12 nitrogen and oxygen atoms in total. The molecule has 1 aliphatic carbocycles. The number of carbonyl (C=O) groups is 4. The molecule has 216 valence electrons. The van der Waals surface area contributed by atoms with Gasteiger partial charge in [0.25, 0.3) is 0 Å². The van der Waals surface area contributed by atoms with E-state index in [4.69, 9.17) is 14.2 Å². The fourth-order valence-electron chi connectivity index (χ4n) is 5.00. The predicted octanol–water partition coefficient (Wildman–Crippen LogP) is 3.19. The molecule has 0 aromatic carbocycles. The fraction of sp³-hybridized carbons (Fsp3) is 0.667. The first-order valence-electron chi connectivity index (χ1n) is 13.6. The summed E-state index contributed by atoms with van der Waals surface area (Å²) in [5, 5.41) is 16.0. The van der Waals surface area contributed by atoms with Crippen LogP contribution in [0, 0.1) is 17.8 Å². The monoisotopic (exact) mass is 548 g/mol. The van der Waals surface area contributed by atoms with Gasteiger partial charge in [-0.25, -0.2) is 14.6 Å². The number of nitrogens with one attached hydrogen (secondary N) is 2. The number of urea groups is 1. The molecule has 0 spiro atoms. The van der Waals surface area contributed by atoms with Crippen molar-refractivity contribution in [2.45, 2.75) is 84.6 Å². The first-order chi connectivity index (χ1) is 18.6. The molecule has 2 heterocycles. The smallest absolute Gasteiger partial charge is 0.415 e. The van der Waals surface area contributed by atoms with Crippen LogP contribution in [-0.2, 0) is 30.2 Å². The van der Waals surface area contributed by atoms with Crippen LogP contribution in [0.3, 0.4) is 0 Å². The first kappa shape index (κ1) is 30.3. The highest BCUT2D eigenvalue weighted by Crippen LogP contribution is 2.34. The summed E-state index contributed by atoms with van der Waals surface area (Å²) in [7, 11) is 0. The molecule has 3 N–H and O–H groups in total. The molecular formula is C27H40N4O8. The first-order valence-corrected chi connectivity index (χ1v) is 13.6. The fourth-order valence-corrected chi connectivity index (χ4v) is 5.00. The number of ether oxygens (including phenoxy) is 3. The van der Waals surface area contributed by atoms with Crippen molar-refractivity contribution in [3.8, 4) is 0 Å². The van der Waals surface area contributed by atoms with Gasteiger partial charge in [0.05, 0.1) is 11.8 Å². The summed E-state index contributed by atoms with van der Waals surface area (Å²) in [6.07, 6.45) is 4.99. The average Bonchev–Trinajstić information content (AvgIpc) is 2.90. The number of nitrogens with zero attached hydrogens (tertiary/aromatic N) is 2. The molecule has 0 bridgehead atoms. The van der Waals surface area contributed by atoms with Gasteiger partial charge in [-0.1, -0.05) is 33.1 Å². The van der Waals surface area contributed by atoms with Gasteiger partial charge in [-0.05, 0) is 56.7 Å². The third kappa shape index (κ3) is 8.12. The highest BCUT2D eigenvalue weighted by atomic mass is 16.7. The zero-order valence-corrected chi connectivity index (χ0v) is 23.1. The average molecular weight is 549 g/mol. The van der Waals surface area contributed by atoms with E-state index in [1.165, 1.54) is 12.6 Å². The molecular weight excluding hydrogens is 508 g/mol. The number of hydrogen-bond donors (Lipinski definition) is 3. The molecule has 3 unspecified atom stereocenters. The van der Waals surface area contributed by atoms with Gasteiger partial charge < -0.3 is 24.6 Å². The number of carbonyl (C=O) groups excluding carboxylic acids is 4. The highest BCUT2D eigenvalue weighted by Gasteiger charge is 2.54. The van der Waals surface area contributed by atoms with Crippen LogP contribution in [0.2, 0.25) is 0 Å². The van der Waals surface area contributed by atoms with Gasteiger partial charge in [0, 0.05) is 18.8 Å². The normalized spacial score (nSPS) is 21.1. The Bertz CT molecular complexity index is 1010. The standard InChI is InChI=1S/C27H40N4O8/c1-5-37-25(34)22-20(23(32)31(22)26(35)29-17(4)19-9-7-6-8-10-19)13-18-11-12-28-21(14-18)30-27(36)39-15-38-24(33)16(2)3/h11-12,14,16-17,19-20,22,25,34H,5-10,13,15H2,1-4H3,(H,29,35)(H,28,30,36)/t17?,20-,22?,25?/m1/s1. The number of esters is 1. The summed E-state index contributed by atoms with van der Waals surface area (Å²) in [6, 6.07) is 1.76. The van der Waals surface area contributed by atoms with E-state index >= 15 is 0 Å². The van der Waals surface area contributed by atoms with E-state index < -0.39 is 49.0 Å². The summed E-state index contributed by atoms with van der Waals surface area (Å²) in [5.74, 6) is -1.44. The molecule has 1 aromatic heterocycles. The summed E-state index contributed by atoms with van der Waals surface area (Å²) in [5.41, 5.74) is 0.647. The summed E-state index contributed by atoms with van der Waals surface area (Å²) >= 11 is 0. The molecule has 3 rings (SSSR count). The number of β-lactam (4-membered cyclic amide) rings is 1. The van der Waals surface area contributed by atoms with Crippen LogP contribution < -0.4 is 10.6 Å². The number of aliphatic hydroxyl groups is 1. The largest absolute Gasteiger partial charge is 0.428 e. The second kappa shape index (κ2) is 14.2. The molecule has 1 saturated carbocycles. The number of hydrogen-bond acceptors (Lipinski definition) is 9. The van der Waals surface area contributed by atoms with E-state index in [0.29, 0.717) is 11.5 Å². The lowest BCUT2D eigenvalue weighted by atomic mass is 9.82. The van der Waals surface area contributed by atoms with E-state index in [9.17, 15) is 24.3 Å². The van der Waals surface area contributed by atoms with Gasteiger partial charge in [-0.2, -0.15) is 0 Å². The molecule has 0 radical (unpaired) electrons. The minimum absolute atomic E-state index is 0.0861. The summed E-state index contributed by atoms with van der Waals surface area (Å²) in [6.45, 7) is 6.67. The number of likely N-dealkylation sites (tertiary alicyclic amines) is 1. The van der Waals surface area contributed by atoms with Crippen molar-refractivity contribution < 1.29 is 38.5 Å². The quantitative estimate of drug-likeness (QED) is 0.215. The van der Waals surface area contributed by atoms with Crippen LogP contribution in [0.1, 0.15) is 65.4 Å². The molecule has 2 aliphatic rings. The Kier molecular flexibility index (Phi) is 11.0. The Labute approximate surface area is 228 Å². The van der Waals surface area contributed by atoms with Gasteiger partial charge in [0.15, 0.2) is 6.29 Å². The van der Waals surface area contributed by atoms with Crippen molar-refractivity contribution >= 4 is 29.8 Å². The van der Waals surface area contributed by atoms with E-state index in [2.05, 4.69) is 15.6 Å². The van der Waals surface area contributed by atoms with Crippen molar-refractivity contribution in [3.63, 3.8) is 0 Å². The Morgan fingerprint density at radius 2 is 1.87 bits per heavy atom. The van der Waals surface area contributed by atoms with Gasteiger partial charge in [-0.15, -0.1) is 0 Å². The van der Waals surface area contributed by atoms with Crippen LogP contribution in [-0.4, -0.2) is 70.8 Å². The molecule has 1 aliphatic heterocycles. The zero-order chi connectivity index (χ0) is 28.5. The van der Waals surface area contributed by atoms with E-state index in [-0.39, 0.29) is 30.8 Å². The second-order valence-corrected chi connectivity index (χ2v) is 10.3. The number of aromatic nitrogens is 1. The van der Waals surface area contributed by atoms with Crippen LogP contribution in [0.25, 0.3) is 0 Å². The predicted molar refractivity (Wildman–Crippen MR) is 140 cm³/mol. The Morgan fingerprint density at radius 3 is 2.54 bits per heavy atom. The lowest BCUT2D eigenvalue weighted by molar-refractivity contribution is -0.190. The lowest BCUT2D eigenvalue weighted by Gasteiger charge is -2.47. The maximum absolute atomic E-state index is 13.1. The van der Waals surface area contributed by atoms with Gasteiger partial charge in [-0.3, -0.25) is 19.8 Å². The second-order valence-electron chi connectivity index (χ2n) is 10.3. The Morgan fingerprint density at radius 1 is 1.15 bits per heavy atom. The third-order valence-corrected chi connectivity index (χ3v) is 7.19. The Balaban J connectivity index is 1.61. The maximum Gasteiger partial charge on any atom is 0.415 e. The number of anilines is 1. The van der Waals surface area contributed by atoms with E-state index in [1.54, 1.807) is 32.9 Å². The summed E-state index contributed by atoms with van der Waals surface area (Å²) < 4.78 is 15.0. The Hall–Kier alpha value is -3.25. The SMILES string of the molecule is CCOC(O)C1[C@@H](Cc2ccnc(NC(=O)OCOC(=O)C(C)C)c2)C(=O)N1C(=O)NC(C)C1CCCCC1. The molecule has 39 heavy (non-hydrogen) atoms. The van der Waals surface area contributed by atoms with Crippen LogP contribution in [0.4, 0.5) is 15.4 Å². The van der Waals surface area contributed by atoms with Gasteiger partial charge >= 0.3 is 18.1 Å². The van der Waals surface area contributed by atoms with Crippen molar-refractivity contribution in [2.24, 2.45) is 17.8 Å². The lowest BCUT2D eigenvalue weighted by Crippen LogP contribution is -2.70. The van der Waals surface area contributed by atoms with E-state index in [0.717, 1.165) is 30.6 Å². The van der Waals surface area contributed by atoms with Crippen molar-refractivity contribution in [1.29, 1.82) is 0 Å². The van der Waals surface area contributed by atoms with Crippen LogP contribution in [0.15, 0.2) is 18.3 Å². The number of imide groups is 1.